The van der Waals surface area contributed by atoms with Gasteiger partial charge in [0.1, 0.15) is 23.3 Å². The number of aromatic nitrogens is 1. The van der Waals surface area contributed by atoms with Gasteiger partial charge in [0.05, 0.1) is 5.02 Å². The molecule has 1 aromatic heterocycles. The highest BCUT2D eigenvalue weighted by atomic mass is 35.5. The fraction of sp³-hybridized carbons (Fsp3) is 0.154. The average molecular weight is 286 g/mol. The van der Waals surface area contributed by atoms with Crippen LogP contribution in [0.1, 0.15) is 11.1 Å². The van der Waals surface area contributed by atoms with Gasteiger partial charge in [0, 0.05) is 11.8 Å². The van der Waals surface area contributed by atoms with Crippen LogP contribution in [-0.2, 0) is 6.61 Å². The van der Waals surface area contributed by atoms with Gasteiger partial charge in [0.15, 0.2) is 0 Å². The molecule has 0 aliphatic heterocycles. The highest BCUT2D eigenvalue weighted by Crippen LogP contribution is 2.22. The largest absolute Gasteiger partial charge is 0.489 e. The molecule has 94 valence electrons. The lowest BCUT2D eigenvalue weighted by Gasteiger charge is -2.08. The second kappa shape index (κ2) is 5.55. The topological polar surface area (TPSA) is 22.1 Å². The molecule has 0 saturated carbocycles. The molecule has 0 radical (unpaired) electrons. The number of pyridine rings is 1. The van der Waals surface area contributed by atoms with E-state index in [9.17, 15) is 4.39 Å². The quantitative estimate of drug-likeness (QED) is 0.779. The lowest BCUT2D eigenvalue weighted by Crippen LogP contribution is -1.98. The fourth-order valence-electron chi connectivity index (χ4n) is 1.41. The molecule has 0 aliphatic carbocycles. The predicted molar refractivity (Wildman–Crippen MR) is 69.7 cm³/mol. The summed E-state index contributed by atoms with van der Waals surface area (Å²) in [6, 6.07) is 6.12. The molecule has 0 atom stereocenters. The highest BCUT2D eigenvalue weighted by molar-refractivity contribution is 6.34. The van der Waals surface area contributed by atoms with Crippen molar-refractivity contribution >= 4 is 23.2 Å². The Morgan fingerprint density at radius 1 is 1.28 bits per heavy atom. The molecule has 0 N–H and O–H groups in total. The van der Waals surface area contributed by atoms with E-state index < -0.39 is 0 Å². The summed E-state index contributed by atoms with van der Waals surface area (Å²) in [6.07, 6.45) is 1.56. The van der Waals surface area contributed by atoms with Crippen molar-refractivity contribution in [3.8, 4) is 5.75 Å². The van der Waals surface area contributed by atoms with E-state index >= 15 is 0 Å². The molecule has 0 saturated heterocycles. The smallest absolute Gasteiger partial charge is 0.130 e. The molecule has 0 amide bonds. The van der Waals surface area contributed by atoms with E-state index in [0.29, 0.717) is 21.5 Å². The number of halogens is 3. The lowest BCUT2D eigenvalue weighted by molar-refractivity contribution is 0.305. The van der Waals surface area contributed by atoms with Crippen molar-refractivity contribution in [2.75, 3.05) is 0 Å². The van der Waals surface area contributed by atoms with Gasteiger partial charge in [-0.25, -0.2) is 9.37 Å². The monoisotopic (exact) mass is 285 g/mol. The molecule has 0 aliphatic rings. The van der Waals surface area contributed by atoms with Gasteiger partial charge in [-0.2, -0.15) is 0 Å². The van der Waals surface area contributed by atoms with Gasteiger partial charge in [-0.1, -0.05) is 23.2 Å². The Balaban J connectivity index is 2.09. The zero-order valence-corrected chi connectivity index (χ0v) is 11.1. The van der Waals surface area contributed by atoms with Crippen LogP contribution in [0.4, 0.5) is 4.39 Å². The Bertz CT molecular complexity index is 575. The van der Waals surface area contributed by atoms with Crippen LogP contribution in [0, 0.1) is 12.7 Å². The molecule has 1 heterocycles. The molecule has 5 heteroatoms. The maximum atomic E-state index is 13.1. The van der Waals surface area contributed by atoms with Gasteiger partial charge in [-0.3, -0.25) is 0 Å². The number of hydrogen-bond donors (Lipinski definition) is 0. The van der Waals surface area contributed by atoms with Crippen molar-refractivity contribution in [1.82, 2.24) is 4.98 Å². The molecular formula is C13H10Cl2FNO. The normalized spacial score (nSPS) is 10.4. The first-order chi connectivity index (χ1) is 8.56. The van der Waals surface area contributed by atoms with E-state index in [0.717, 1.165) is 5.56 Å². The van der Waals surface area contributed by atoms with E-state index in [-0.39, 0.29) is 12.4 Å². The Labute approximate surface area is 114 Å². The number of rotatable bonds is 3. The first-order valence-corrected chi connectivity index (χ1v) is 6.01. The van der Waals surface area contributed by atoms with Gasteiger partial charge in [-0.15, -0.1) is 0 Å². The van der Waals surface area contributed by atoms with Crippen LogP contribution in [0.25, 0.3) is 0 Å². The summed E-state index contributed by atoms with van der Waals surface area (Å²) in [6.45, 7) is 1.94. The summed E-state index contributed by atoms with van der Waals surface area (Å²) in [4.78, 5) is 3.92. The lowest BCUT2D eigenvalue weighted by atomic mass is 10.2. The number of hydrogen-bond acceptors (Lipinski definition) is 2. The average Bonchev–Trinajstić information content (AvgIpc) is 2.32. The number of ether oxygens (including phenoxy) is 1. The highest BCUT2D eigenvalue weighted by Gasteiger charge is 2.04. The Kier molecular flexibility index (Phi) is 4.04. The molecule has 0 fully saturated rings. The molecule has 2 rings (SSSR count). The van der Waals surface area contributed by atoms with E-state index in [1.807, 2.05) is 0 Å². The van der Waals surface area contributed by atoms with Gasteiger partial charge in [0.2, 0.25) is 0 Å². The summed E-state index contributed by atoms with van der Waals surface area (Å²) < 4.78 is 18.6. The van der Waals surface area contributed by atoms with Crippen molar-refractivity contribution in [3.05, 3.63) is 57.6 Å². The summed E-state index contributed by atoms with van der Waals surface area (Å²) in [7, 11) is 0. The standard InChI is InChI=1S/C13H10Cl2FNO/c1-8-4-10(2-3-12(8)16)18-7-9-6-17-13(15)5-11(9)14/h2-6H,7H2,1H3. The van der Waals surface area contributed by atoms with Gasteiger partial charge < -0.3 is 4.74 Å². The molecule has 1 aromatic carbocycles. The fourth-order valence-corrected chi connectivity index (χ4v) is 1.83. The summed E-state index contributed by atoms with van der Waals surface area (Å²) in [5.74, 6) is 0.327. The zero-order valence-electron chi connectivity index (χ0n) is 9.58. The molecule has 18 heavy (non-hydrogen) atoms. The van der Waals surface area contributed by atoms with E-state index in [1.54, 1.807) is 31.3 Å². The van der Waals surface area contributed by atoms with Crippen LogP contribution in [-0.4, -0.2) is 4.98 Å². The number of aryl methyl sites for hydroxylation is 1. The van der Waals surface area contributed by atoms with Crippen LogP contribution in [0.2, 0.25) is 10.2 Å². The van der Waals surface area contributed by atoms with E-state index in [1.165, 1.54) is 6.07 Å². The van der Waals surface area contributed by atoms with Crippen molar-refractivity contribution in [3.63, 3.8) is 0 Å². The van der Waals surface area contributed by atoms with Crippen LogP contribution < -0.4 is 4.74 Å². The number of nitrogens with zero attached hydrogens (tertiary/aromatic N) is 1. The Morgan fingerprint density at radius 2 is 2.06 bits per heavy atom. The minimum atomic E-state index is -0.256. The third kappa shape index (κ3) is 3.12. The summed E-state index contributed by atoms with van der Waals surface area (Å²) in [5, 5.41) is 0.829. The van der Waals surface area contributed by atoms with Crippen LogP contribution in [0.3, 0.4) is 0 Å². The molecule has 0 bridgehead atoms. The molecule has 2 aromatic rings. The van der Waals surface area contributed by atoms with Crippen molar-refractivity contribution in [1.29, 1.82) is 0 Å². The molecule has 0 spiro atoms. The van der Waals surface area contributed by atoms with Gasteiger partial charge in [-0.05, 0) is 36.8 Å². The Morgan fingerprint density at radius 3 is 2.72 bits per heavy atom. The third-order valence-corrected chi connectivity index (χ3v) is 2.98. The van der Waals surface area contributed by atoms with Crippen molar-refractivity contribution in [2.24, 2.45) is 0 Å². The maximum Gasteiger partial charge on any atom is 0.130 e. The molecular weight excluding hydrogens is 276 g/mol. The van der Waals surface area contributed by atoms with E-state index in [2.05, 4.69) is 4.98 Å². The SMILES string of the molecule is Cc1cc(OCc2cnc(Cl)cc2Cl)ccc1F. The molecule has 0 unspecified atom stereocenters. The molecule has 2 nitrogen and oxygen atoms in total. The second-order valence-corrected chi connectivity index (χ2v) is 4.59. The van der Waals surface area contributed by atoms with Crippen LogP contribution >= 0.6 is 23.2 Å². The van der Waals surface area contributed by atoms with Crippen molar-refractivity contribution < 1.29 is 9.13 Å². The van der Waals surface area contributed by atoms with Crippen molar-refractivity contribution in [2.45, 2.75) is 13.5 Å². The Hall–Kier alpha value is -1.32. The maximum absolute atomic E-state index is 13.1. The van der Waals surface area contributed by atoms with E-state index in [4.69, 9.17) is 27.9 Å². The minimum absolute atomic E-state index is 0.256. The predicted octanol–water partition coefficient (Wildman–Crippen LogP) is 4.41. The summed E-state index contributed by atoms with van der Waals surface area (Å²) in [5.41, 5.74) is 1.26. The third-order valence-electron chi connectivity index (χ3n) is 2.42. The van der Waals surface area contributed by atoms with Crippen LogP contribution in [0.5, 0.6) is 5.75 Å². The number of benzene rings is 1. The van der Waals surface area contributed by atoms with Gasteiger partial charge >= 0.3 is 0 Å². The van der Waals surface area contributed by atoms with Crippen LogP contribution in [0.15, 0.2) is 30.5 Å². The van der Waals surface area contributed by atoms with Gasteiger partial charge in [0.25, 0.3) is 0 Å². The minimum Gasteiger partial charge on any atom is -0.489 e. The first kappa shape index (κ1) is 13.1. The summed E-state index contributed by atoms with van der Waals surface area (Å²) >= 11 is 11.7. The zero-order chi connectivity index (χ0) is 13.1. The first-order valence-electron chi connectivity index (χ1n) is 5.25. The second-order valence-electron chi connectivity index (χ2n) is 3.80.